The Morgan fingerprint density at radius 1 is 1.02 bits per heavy atom. The Hall–Kier alpha value is -3.76. The number of halogens is 2. The molecule has 2 aromatic heterocycles. The van der Waals surface area contributed by atoms with Gasteiger partial charge in [0.1, 0.15) is 17.2 Å². The summed E-state index contributed by atoms with van der Waals surface area (Å²) in [6.45, 7) is 6.72. The second-order valence-corrected chi connectivity index (χ2v) is 11.6. The van der Waals surface area contributed by atoms with Gasteiger partial charge in [0.2, 0.25) is 5.95 Å². The minimum Gasteiger partial charge on any atom is -0.493 e. The summed E-state index contributed by atoms with van der Waals surface area (Å²) >= 11 is 12.6. The zero-order valence-electron chi connectivity index (χ0n) is 23.6. The van der Waals surface area contributed by atoms with Crippen LogP contribution in [0.15, 0.2) is 42.6 Å². The Labute approximate surface area is 248 Å². The molecule has 2 aromatic carbocycles. The van der Waals surface area contributed by atoms with Gasteiger partial charge in [0, 0.05) is 43.0 Å². The number of nitrogens with one attached hydrogen (secondary N) is 1. The predicted molar refractivity (Wildman–Crippen MR) is 160 cm³/mol. The molecule has 41 heavy (non-hydrogen) atoms. The third kappa shape index (κ3) is 6.28. The first-order chi connectivity index (χ1) is 19.6. The fourth-order valence-electron chi connectivity index (χ4n) is 4.78. The number of carbonyl (C=O) groups is 1. The number of amides is 1. The van der Waals surface area contributed by atoms with E-state index in [0.29, 0.717) is 57.7 Å². The Morgan fingerprint density at radius 3 is 2.49 bits per heavy atom. The van der Waals surface area contributed by atoms with Crippen LogP contribution in [-0.2, 0) is 4.74 Å². The van der Waals surface area contributed by atoms with Gasteiger partial charge in [0.15, 0.2) is 11.5 Å². The maximum atomic E-state index is 12.7. The second kappa shape index (κ2) is 11.6. The van der Waals surface area contributed by atoms with Crippen molar-refractivity contribution in [3.8, 4) is 28.7 Å². The normalized spacial score (nSPS) is 15.6. The zero-order chi connectivity index (χ0) is 29.3. The van der Waals surface area contributed by atoms with E-state index in [1.54, 1.807) is 43.5 Å². The van der Waals surface area contributed by atoms with E-state index < -0.39 is 5.60 Å². The molecular formula is C29H32Cl2N6O4. The van der Waals surface area contributed by atoms with Crippen LogP contribution in [0, 0.1) is 0 Å². The molecule has 5 rings (SSSR count). The van der Waals surface area contributed by atoms with Crippen LogP contribution in [0.3, 0.4) is 0 Å². The maximum Gasteiger partial charge on any atom is 0.410 e. The molecule has 0 aliphatic carbocycles. The van der Waals surface area contributed by atoms with E-state index in [0.717, 1.165) is 23.9 Å². The van der Waals surface area contributed by atoms with Crippen LogP contribution < -0.4 is 14.8 Å². The van der Waals surface area contributed by atoms with Crippen molar-refractivity contribution in [2.75, 3.05) is 32.6 Å². The van der Waals surface area contributed by atoms with Crippen molar-refractivity contribution in [3.63, 3.8) is 0 Å². The number of piperidine rings is 1. The first-order valence-electron chi connectivity index (χ1n) is 13.2. The van der Waals surface area contributed by atoms with Crippen molar-refractivity contribution in [1.82, 2.24) is 24.4 Å². The zero-order valence-corrected chi connectivity index (χ0v) is 25.1. The van der Waals surface area contributed by atoms with Crippen LogP contribution in [-0.4, -0.2) is 69.5 Å². The van der Waals surface area contributed by atoms with Gasteiger partial charge in [0.25, 0.3) is 0 Å². The highest BCUT2D eigenvalue weighted by Crippen LogP contribution is 2.37. The van der Waals surface area contributed by atoms with Gasteiger partial charge < -0.3 is 24.4 Å². The molecule has 1 fully saturated rings. The van der Waals surface area contributed by atoms with Gasteiger partial charge >= 0.3 is 6.09 Å². The largest absolute Gasteiger partial charge is 0.493 e. The predicted octanol–water partition coefficient (Wildman–Crippen LogP) is 6.62. The lowest BCUT2D eigenvalue weighted by Gasteiger charge is -2.34. The molecule has 1 amide bonds. The third-order valence-electron chi connectivity index (χ3n) is 6.61. The SMILES string of the molecule is COc1cc2nc(-c3ccc(Cl)c(Cl)c3)n(-c3ccnc(NC4CCCN(C(=O)OC(C)(C)C)C4)n3)c2cc1OC. The number of ether oxygens (including phenoxy) is 3. The van der Waals surface area contributed by atoms with Crippen LogP contribution in [0.2, 0.25) is 10.0 Å². The van der Waals surface area contributed by atoms with Crippen LogP contribution in [0.1, 0.15) is 33.6 Å². The molecule has 12 heteroatoms. The highest BCUT2D eigenvalue weighted by Gasteiger charge is 2.28. The van der Waals surface area contributed by atoms with Gasteiger partial charge in [-0.2, -0.15) is 4.98 Å². The molecule has 4 aromatic rings. The molecule has 0 radical (unpaired) electrons. The van der Waals surface area contributed by atoms with Gasteiger partial charge in [-0.05, 0) is 57.9 Å². The number of benzene rings is 2. The number of carbonyl (C=O) groups excluding carboxylic acids is 1. The first kappa shape index (κ1) is 28.8. The molecular weight excluding hydrogens is 567 g/mol. The van der Waals surface area contributed by atoms with Crippen LogP contribution >= 0.6 is 23.2 Å². The standard InChI is InChI=1S/C29H32Cl2N6O4/c1-29(2,3)41-28(38)36-12-6-7-18(16-36)33-27-32-11-10-25(35-27)37-22-15-24(40-5)23(39-4)14-21(22)34-26(37)17-8-9-19(30)20(31)13-17/h8-11,13-15,18H,6-7,12,16H2,1-5H3,(H,32,33,35). The number of imidazole rings is 1. The van der Waals surface area contributed by atoms with Crippen molar-refractivity contribution in [1.29, 1.82) is 0 Å². The number of hydrogen-bond acceptors (Lipinski definition) is 8. The van der Waals surface area contributed by atoms with Crippen LogP contribution in [0.5, 0.6) is 11.5 Å². The Bertz CT molecular complexity index is 1590. The number of likely N-dealkylation sites (tertiary alicyclic amines) is 1. The summed E-state index contributed by atoms with van der Waals surface area (Å²) in [6.07, 6.45) is 3.07. The molecule has 1 aliphatic rings. The molecule has 1 atom stereocenters. The Morgan fingerprint density at radius 2 is 1.78 bits per heavy atom. The van der Waals surface area contributed by atoms with E-state index in [1.165, 1.54) is 0 Å². The van der Waals surface area contributed by atoms with E-state index in [4.69, 9.17) is 47.4 Å². The summed E-state index contributed by atoms with van der Waals surface area (Å²) in [5, 5.41) is 4.27. The third-order valence-corrected chi connectivity index (χ3v) is 7.35. The lowest BCUT2D eigenvalue weighted by Crippen LogP contribution is -2.47. The van der Waals surface area contributed by atoms with Crippen molar-refractivity contribution < 1.29 is 19.0 Å². The Kier molecular flexibility index (Phi) is 8.15. The smallest absolute Gasteiger partial charge is 0.410 e. The van der Waals surface area contributed by atoms with Crippen molar-refractivity contribution in [2.45, 2.75) is 45.3 Å². The van der Waals surface area contributed by atoms with E-state index in [1.807, 2.05) is 43.5 Å². The minimum absolute atomic E-state index is 0.0371. The van der Waals surface area contributed by atoms with Crippen molar-refractivity contribution >= 4 is 46.3 Å². The minimum atomic E-state index is -0.554. The lowest BCUT2D eigenvalue weighted by molar-refractivity contribution is 0.0206. The molecule has 3 heterocycles. The lowest BCUT2D eigenvalue weighted by atomic mass is 10.1. The quantitative estimate of drug-likeness (QED) is 0.264. The first-order valence-corrected chi connectivity index (χ1v) is 14.0. The molecule has 0 saturated carbocycles. The summed E-state index contributed by atoms with van der Waals surface area (Å²) in [5.74, 6) is 2.73. The highest BCUT2D eigenvalue weighted by atomic mass is 35.5. The molecule has 1 aliphatic heterocycles. The van der Waals surface area contributed by atoms with Gasteiger partial charge in [0.05, 0.1) is 35.3 Å². The summed E-state index contributed by atoms with van der Waals surface area (Å²) in [7, 11) is 3.17. The number of nitrogens with zero attached hydrogens (tertiary/aromatic N) is 5. The molecule has 1 N–H and O–H groups in total. The number of hydrogen-bond donors (Lipinski definition) is 1. The van der Waals surface area contributed by atoms with Crippen molar-refractivity contribution in [2.24, 2.45) is 0 Å². The fourth-order valence-corrected chi connectivity index (χ4v) is 5.08. The topological polar surface area (TPSA) is 104 Å². The van der Waals surface area contributed by atoms with E-state index in [9.17, 15) is 4.79 Å². The van der Waals surface area contributed by atoms with Gasteiger partial charge in [-0.1, -0.05) is 23.2 Å². The molecule has 10 nitrogen and oxygen atoms in total. The summed E-state index contributed by atoms with van der Waals surface area (Å²) in [5.41, 5.74) is 1.63. The average molecular weight is 600 g/mol. The van der Waals surface area contributed by atoms with Gasteiger partial charge in [-0.25, -0.2) is 14.8 Å². The maximum absolute atomic E-state index is 12.7. The summed E-state index contributed by atoms with van der Waals surface area (Å²) < 4.78 is 18.6. The van der Waals surface area contributed by atoms with Crippen molar-refractivity contribution in [3.05, 3.63) is 52.6 Å². The number of fused-ring (bicyclic) bond motifs is 1. The number of methoxy groups -OCH3 is 2. The molecule has 216 valence electrons. The number of aromatic nitrogens is 4. The monoisotopic (exact) mass is 598 g/mol. The number of rotatable bonds is 6. The van der Waals surface area contributed by atoms with E-state index in [-0.39, 0.29) is 12.1 Å². The fraction of sp³-hybridized carbons (Fsp3) is 0.379. The summed E-state index contributed by atoms with van der Waals surface area (Å²) in [6, 6.07) is 10.8. The van der Waals surface area contributed by atoms with E-state index >= 15 is 0 Å². The van der Waals surface area contributed by atoms with E-state index in [2.05, 4.69) is 10.3 Å². The molecule has 1 saturated heterocycles. The Balaban J connectivity index is 1.52. The summed E-state index contributed by atoms with van der Waals surface area (Å²) in [4.78, 5) is 28.6. The number of anilines is 1. The highest BCUT2D eigenvalue weighted by molar-refractivity contribution is 6.42. The van der Waals surface area contributed by atoms with Gasteiger partial charge in [-0.15, -0.1) is 0 Å². The molecule has 1 unspecified atom stereocenters. The van der Waals surface area contributed by atoms with Crippen LogP contribution in [0.4, 0.5) is 10.7 Å². The molecule has 0 spiro atoms. The second-order valence-electron chi connectivity index (χ2n) is 10.7. The van der Waals surface area contributed by atoms with Gasteiger partial charge in [-0.3, -0.25) is 4.57 Å². The van der Waals surface area contributed by atoms with Crippen LogP contribution in [0.25, 0.3) is 28.2 Å². The average Bonchev–Trinajstić information content (AvgIpc) is 3.31. The molecule has 0 bridgehead atoms.